The number of fused-ring (bicyclic) bond motifs is 19. The number of rotatable bonds is 4. The summed E-state index contributed by atoms with van der Waals surface area (Å²) in [6, 6.07) is 82.8. The van der Waals surface area contributed by atoms with Crippen molar-refractivity contribution in [1.29, 1.82) is 0 Å². The maximum Gasteiger partial charge on any atom is 0.143 e. The Kier molecular flexibility index (Phi) is 7.07. The van der Waals surface area contributed by atoms with E-state index in [0.29, 0.717) is 0 Å². The molecular weight excluding hydrogens is 763 g/mol. The molecule has 0 saturated carbocycles. The molecule has 2 nitrogen and oxygen atoms in total. The van der Waals surface area contributed by atoms with Crippen LogP contribution in [0.3, 0.4) is 0 Å². The van der Waals surface area contributed by atoms with Crippen molar-refractivity contribution in [3.63, 3.8) is 0 Å². The van der Waals surface area contributed by atoms with Crippen LogP contribution in [0.15, 0.2) is 229 Å². The van der Waals surface area contributed by atoms with Crippen molar-refractivity contribution in [1.82, 2.24) is 0 Å². The Morgan fingerprint density at radius 1 is 0.286 bits per heavy atom. The fraction of sp³-hybridized carbons (Fsp3) is 0.0164. The van der Waals surface area contributed by atoms with Crippen LogP contribution in [-0.2, 0) is 5.41 Å². The Labute approximate surface area is 364 Å². The zero-order valence-electron chi connectivity index (χ0n) is 34.2. The van der Waals surface area contributed by atoms with Crippen molar-refractivity contribution in [3.8, 4) is 33.4 Å². The molecular formula is C61H37NO. The number of benzene rings is 11. The van der Waals surface area contributed by atoms with Gasteiger partial charge in [0.15, 0.2) is 0 Å². The zero-order valence-corrected chi connectivity index (χ0v) is 34.2. The molecule has 2 aliphatic rings. The molecule has 0 N–H and O–H groups in total. The second-order valence-corrected chi connectivity index (χ2v) is 17.1. The van der Waals surface area contributed by atoms with Gasteiger partial charge in [-0.15, -0.1) is 0 Å². The Hall–Kier alpha value is -8.20. The minimum Gasteiger partial charge on any atom is -0.455 e. The standard InChI is InChI=1S/C61H37NO/c1-2-18-42-40(16-1)41-17-3-4-19-43(41)52-36-38(32-34-44(42)52)62(58-30-13-8-23-48(58)50-25-15-26-51-49-24-9-14-31-59(49)63-60(50)51)39-33-35-57-53(37-39)47-22-7-12-29-56(47)61(57)54-27-10-5-20-45(54)46-21-6-11-28-55(46)61/h1-37H. The lowest BCUT2D eigenvalue weighted by Gasteiger charge is -2.31. The van der Waals surface area contributed by atoms with E-state index in [0.717, 1.165) is 50.1 Å². The molecule has 1 spiro atoms. The van der Waals surface area contributed by atoms with Crippen LogP contribution in [0.2, 0.25) is 0 Å². The molecule has 0 atom stereocenters. The molecule has 0 aliphatic heterocycles. The summed E-state index contributed by atoms with van der Waals surface area (Å²) in [6.45, 7) is 0. The van der Waals surface area contributed by atoms with Crippen LogP contribution < -0.4 is 4.90 Å². The molecule has 0 unspecified atom stereocenters. The van der Waals surface area contributed by atoms with Crippen molar-refractivity contribution in [2.45, 2.75) is 5.41 Å². The molecule has 11 aromatic carbocycles. The molecule has 2 aliphatic carbocycles. The number of hydrogen-bond donors (Lipinski definition) is 0. The smallest absolute Gasteiger partial charge is 0.143 e. The van der Waals surface area contributed by atoms with Crippen molar-refractivity contribution >= 4 is 71.3 Å². The van der Waals surface area contributed by atoms with E-state index < -0.39 is 5.41 Å². The van der Waals surface area contributed by atoms with E-state index in [1.54, 1.807) is 0 Å². The number of hydrogen-bond acceptors (Lipinski definition) is 2. The summed E-state index contributed by atoms with van der Waals surface area (Å²) in [6.07, 6.45) is 0. The summed E-state index contributed by atoms with van der Waals surface area (Å²) in [5.74, 6) is 0. The van der Waals surface area contributed by atoms with E-state index in [-0.39, 0.29) is 0 Å². The van der Waals surface area contributed by atoms with Gasteiger partial charge in [0, 0.05) is 33.3 Å². The van der Waals surface area contributed by atoms with Crippen LogP contribution in [0.1, 0.15) is 22.3 Å². The van der Waals surface area contributed by atoms with Gasteiger partial charge < -0.3 is 9.32 Å². The number of para-hydroxylation sites is 3. The third-order valence-electron chi connectivity index (χ3n) is 14.1. The second kappa shape index (κ2) is 12.9. The first-order valence-corrected chi connectivity index (χ1v) is 21.8. The van der Waals surface area contributed by atoms with E-state index in [4.69, 9.17) is 4.42 Å². The van der Waals surface area contributed by atoms with Gasteiger partial charge in [-0.05, 0) is 113 Å². The fourth-order valence-corrected chi connectivity index (χ4v) is 11.5. The lowest BCUT2D eigenvalue weighted by Crippen LogP contribution is -2.25. The molecule has 1 heterocycles. The lowest BCUT2D eigenvalue weighted by atomic mass is 9.70. The highest BCUT2D eigenvalue weighted by Gasteiger charge is 2.51. The number of anilines is 3. The Bertz CT molecular complexity index is 3810. The maximum absolute atomic E-state index is 6.72. The predicted molar refractivity (Wildman–Crippen MR) is 263 cm³/mol. The third kappa shape index (κ3) is 4.62. The van der Waals surface area contributed by atoms with E-state index >= 15 is 0 Å². The van der Waals surface area contributed by atoms with Crippen LogP contribution in [0, 0.1) is 0 Å². The second-order valence-electron chi connectivity index (χ2n) is 17.1. The fourth-order valence-electron chi connectivity index (χ4n) is 11.5. The first-order chi connectivity index (χ1) is 31.3. The van der Waals surface area contributed by atoms with Gasteiger partial charge in [0.1, 0.15) is 11.2 Å². The summed E-state index contributed by atoms with van der Waals surface area (Å²) in [7, 11) is 0. The van der Waals surface area contributed by atoms with Gasteiger partial charge in [-0.1, -0.05) is 188 Å². The average Bonchev–Trinajstić information content (AvgIpc) is 3.99. The topological polar surface area (TPSA) is 16.4 Å². The molecule has 0 fully saturated rings. The van der Waals surface area contributed by atoms with Crippen LogP contribution >= 0.6 is 0 Å². The Balaban J connectivity index is 1.06. The molecule has 0 saturated heterocycles. The van der Waals surface area contributed by atoms with Crippen molar-refractivity contribution < 1.29 is 4.42 Å². The summed E-state index contributed by atoms with van der Waals surface area (Å²) in [4.78, 5) is 2.48. The van der Waals surface area contributed by atoms with Gasteiger partial charge in [-0.2, -0.15) is 0 Å². The maximum atomic E-state index is 6.72. The SMILES string of the molecule is c1ccc(N(c2ccc3c(c2)-c2ccccc2C32c3ccccc3-c3ccccc32)c2ccc3c4ccccc4c4ccccc4c3c2)c(-c2cccc3c2oc2ccccc23)c1. The zero-order chi connectivity index (χ0) is 41.2. The predicted octanol–water partition coefficient (Wildman–Crippen LogP) is 16.5. The van der Waals surface area contributed by atoms with Gasteiger partial charge >= 0.3 is 0 Å². The molecule has 2 heteroatoms. The molecule has 292 valence electrons. The van der Waals surface area contributed by atoms with E-state index in [2.05, 4.69) is 223 Å². The van der Waals surface area contributed by atoms with E-state index in [1.807, 2.05) is 6.07 Å². The molecule has 14 rings (SSSR count). The molecule has 0 amide bonds. The van der Waals surface area contributed by atoms with Crippen LogP contribution in [0.4, 0.5) is 17.1 Å². The monoisotopic (exact) mass is 799 g/mol. The molecule has 12 aromatic rings. The average molecular weight is 800 g/mol. The molecule has 0 radical (unpaired) electrons. The van der Waals surface area contributed by atoms with E-state index in [9.17, 15) is 0 Å². The van der Waals surface area contributed by atoms with Crippen molar-refractivity contribution in [3.05, 3.63) is 247 Å². The summed E-state index contributed by atoms with van der Waals surface area (Å²) < 4.78 is 6.72. The first kappa shape index (κ1) is 34.5. The highest BCUT2D eigenvalue weighted by Crippen LogP contribution is 2.63. The highest BCUT2D eigenvalue weighted by molar-refractivity contribution is 6.26. The Morgan fingerprint density at radius 3 is 1.40 bits per heavy atom. The summed E-state index contributed by atoms with van der Waals surface area (Å²) in [5, 5.41) is 9.76. The summed E-state index contributed by atoms with van der Waals surface area (Å²) in [5.41, 5.74) is 17.3. The normalized spacial score (nSPS) is 13.2. The Morgan fingerprint density at radius 2 is 0.730 bits per heavy atom. The van der Waals surface area contributed by atoms with Crippen LogP contribution in [0.25, 0.3) is 87.6 Å². The lowest BCUT2D eigenvalue weighted by molar-refractivity contribution is 0.670. The minimum absolute atomic E-state index is 0.416. The van der Waals surface area contributed by atoms with Gasteiger partial charge in [-0.25, -0.2) is 0 Å². The third-order valence-corrected chi connectivity index (χ3v) is 14.1. The van der Waals surface area contributed by atoms with Crippen LogP contribution in [-0.4, -0.2) is 0 Å². The van der Waals surface area contributed by atoms with Gasteiger partial charge in [-0.3, -0.25) is 0 Å². The number of furan rings is 1. The minimum atomic E-state index is -0.416. The number of nitrogens with zero attached hydrogens (tertiary/aromatic N) is 1. The molecule has 0 bridgehead atoms. The van der Waals surface area contributed by atoms with Gasteiger partial charge in [0.2, 0.25) is 0 Å². The summed E-state index contributed by atoms with van der Waals surface area (Å²) >= 11 is 0. The van der Waals surface area contributed by atoms with Gasteiger partial charge in [0.05, 0.1) is 11.1 Å². The quantitative estimate of drug-likeness (QED) is 0.165. The van der Waals surface area contributed by atoms with Crippen LogP contribution in [0.5, 0.6) is 0 Å². The first-order valence-electron chi connectivity index (χ1n) is 21.8. The molecule has 63 heavy (non-hydrogen) atoms. The largest absolute Gasteiger partial charge is 0.455 e. The van der Waals surface area contributed by atoms with E-state index in [1.165, 1.54) is 76.8 Å². The molecule has 1 aromatic heterocycles. The van der Waals surface area contributed by atoms with Crippen molar-refractivity contribution in [2.75, 3.05) is 4.90 Å². The van der Waals surface area contributed by atoms with Gasteiger partial charge in [0.25, 0.3) is 0 Å². The van der Waals surface area contributed by atoms with Crippen molar-refractivity contribution in [2.24, 2.45) is 0 Å². The highest BCUT2D eigenvalue weighted by atomic mass is 16.3.